The Labute approximate surface area is 264 Å². The van der Waals surface area contributed by atoms with Crippen molar-refractivity contribution >= 4 is 60.9 Å². The lowest BCUT2D eigenvalue weighted by atomic mass is 10.0. The molecule has 9 rings (SSSR count). The Kier molecular flexibility index (Phi) is 6.06. The fourth-order valence-electron chi connectivity index (χ4n) is 6.28. The van der Waals surface area contributed by atoms with Crippen molar-refractivity contribution in [1.29, 1.82) is 0 Å². The molecule has 0 spiro atoms. The van der Waals surface area contributed by atoms with Gasteiger partial charge in [0, 0.05) is 39.9 Å². The molecule has 0 N–H and O–H groups in total. The van der Waals surface area contributed by atoms with E-state index in [1.54, 1.807) is 0 Å². The van der Waals surface area contributed by atoms with Crippen molar-refractivity contribution in [1.82, 2.24) is 4.98 Å². The molecule has 3 aromatic heterocycles. The largest absolute Gasteiger partial charge is 0.457 e. The van der Waals surface area contributed by atoms with Gasteiger partial charge in [-0.1, -0.05) is 66.7 Å². The molecular formula is C41H26N2O3. The minimum atomic E-state index is 0.729. The van der Waals surface area contributed by atoms with Crippen molar-refractivity contribution in [2.75, 3.05) is 4.90 Å². The lowest BCUT2D eigenvalue weighted by Crippen LogP contribution is -2.10. The van der Waals surface area contributed by atoms with Crippen LogP contribution in [0.15, 0.2) is 167 Å². The van der Waals surface area contributed by atoms with Gasteiger partial charge in [-0.25, -0.2) is 0 Å². The maximum atomic E-state index is 6.57. The van der Waals surface area contributed by atoms with Gasteiger partial charge in [-0.3, -0.25) is 4.98 Å². The molecule has 0 aliphatic heterocycles. The first-order valence-electron chi connectivity index (χ1n) is 15.2. The van der Waals surface area contributed by atoms with Gasteiger partial charge in [0.1, 0.15) is 22.7 Å². The number of ether oxygens (including phenoxy) is 1. The van der Waals surface area contributed by atoms with Crippen LogP contribution >= 0.6 is 0 Å². The first kappa shape index (κ1) is 26.1. The van der Waals surface area contributed by atoms with Gasteiger partial charge in [-0.15, -0.1) is 0 Å². The van der Waals surface area contributed by atoms with Gasteiger partial charge in [0.2, 0.25) is 0 Å². The molecule has 3 heterocycles. The first-order chi connectivity index (χ1) is 22.8. The molecule has 218 valence electrons. The number of aromatic nitrogens is 1. The predicted molar refractivity (Wildman–Crippen MR) is 185 cm³/mol. The number of hydrogen-bond acceptors (Lipinski definition) is 5. The van der Waals surface area contributed by atoms with E-state index >= 15 is 0 Å². The number of para-hydroxylation sites is 3. The second-order valence-electron chi connectivity index (χ2n) is 11.2. The van der Waals surface area contributed by atoms with Crippen molar-refractivity contribution in [3.63, 3.8) is 0 Å². The zero-order valence-corrected chi connectivity index (χ0v) is 24.6. The summed E-state index contributed by atoms with van der Waals surface area (Å²) in [5.74, 6) is 1.56. The number of rotatable bonds is 6. The molecule has 0 atom stereocenters. The number of anilines is 3. The summed E-state index contributed by atoms with van der Waals surface area (Å²) in [5.41, 5.74) is 8.33. The van der Waals surface area contributed by atoms with E-state index in [4.69, 9.17) is 13.6 Å². The Morgan fingerprint density at radius 1 is 0.478 bits per heavy atom. The van der Waals surface area contributed by atoms with Gasteiger partial charge < -0.3 is 18.5 Å². The maximum absolute atomic E-state index is 6.57. The van der Waals surface area contributed by atoms with E-state index in [-0.39, 0.29) is 0 Å². The summed E-state index contributed by atoms with van der Waals surface area (Å²) in [4.78, 5) is 6.47. The van der Waals surface area contributed by atoms with Gasteiger partial charge >= 0.3 is 0 Å². The van der Waals surface area contributed by atoms with Crippen LogP contribution < -0.4 is 9.64 Å². The third-order valence-corrected chi connectivity index (χ3v) is 8.43. The molecule has 9 aromatic rings. The van der Waals surface area contributed by atoms with Crippen molar-refractivity contribution in [2.24, 2.45) is 0 Å². The van der Waals surface area contributed by atoms with Crippen LogP contribution in [0.3, 0.4) is 0 Å². The summed E-state index contributed by atoms with van der Waals surface area (Å²) in [7, 11) is 0. The molecule has 0 bridgehead atoms. The predicted octanol–water partition coefficient (Wildman–Crippen LogP) is 11.8. The van der Waals surface area contributed by atoms with Crippen LogP contribution in [0.2, 0.25) is 0 Å². The third-order valence-electron chi connectivity index (χ3n) is 8.43. The highest BCUT2D eigenvalue weighted by molar-refractivity contribution is 6.24. The van der Waals surface area contributed by atoms with E-state index in [1.165, 1.54) is 0 Å². The quantitative estimate of drug-likeness (QED) is 0.192. The van der Waals surface area contributed by atoms with Crippen molar-refractivity contribution in [3.05, 3.63) is 158 Å². The average molecular weight is 595 g/mol. The highest BCUT2D eigenvalue weighted by Gasteiger charge is 2.24. The minimum absolute atomic E-state index is 0.729. The molecule has 6 aromatic carbocycles. The maximum Gasteiger partial charge on any atom is 0.180 e. The van der Waals surface area contributed by atoms with E-state index < -0.39 is 0 Å². The number of furan rings is 2. The molecule has 46 heavy (non-hydrogen) atoms. The highest BCUT2D eigenvalue weighted by atomic mass is 16.5. The van der Waals surface area contributed by atoms with E-state index in [2.05, 4.69) is 64.5 Å². The average Bonchev–Trinajstić information content (AvgIpc) is 3.69. The summed E-state index contributed by atoms with van der Waals surface area (Å²) in [6.07, 6.45) is 3.64. The minimum Gasteiger partial charge on any atom is -0.457 e. The first-order valence-corrected chi connectivity index (χ1v) is 15.2. The van der Waals surface area contributed by atoms with Gasteiger partial charge in [0.15, 0.2) is 11.2 Å². The van der Waals surface area contributed by atoms with Crippen LogP contribution in [0.5, 0.6) is 11.5 Å². The normalized spacial score (nSPS) is 11.5. The fourth-order valence-corrected chi connectivity index (χ4v) is 6.28. The van der Waals surface area contributed by atoms with Gasteiger partial charge in [-0.2, -0.15) is 0 Å². The summed E-state index contributed by atoms with van der Waals surface area (Å²) in [6.45, 7) is 0. The molecule has 0 saturated carbocycles. The Morgan fingerprint density at radius 2 is 1.04 bits per heavy atom. The second kappa shape index (κ2) is 10.7. The number of benzene rings is 6. The summed E-state index contributed by atoms with van der Waals surface area (Å²) in [5, 5.41) is 4.06. The molecule has 0 saturated heterocycles. The molecule has 0 aliphatic rings. The Balaban J connectivity index is 1.28. The third kappa shape index (κ3) is 4.37. The van der Waals surface area contributed by atoms with E-state index in [0.717, 1.165) is 83.6 Å². The number of fused-ring (bicyclic) bond motifs is 7. The smallest absolute Gasteiger partial charge is 0.180 e. The van der Waals surface area contributed by atoms with Crippen LogP contribution in [-0.2, 0) is 0 Å². The van der Waals surface area contributed by atoms with Crippen molar-refractivity contribution < 1.29 is 13.6 Å². The monoisotopic (exact) mass is 594 g/mol. The van der Waals surface area contributed by atoms with E-state index in [0.29, 0.717) is 0 Å². The van der Waals surface area contributed by atoms with Crippen LogP contribution in [0, 0.1) is 0 Å². The number of hydrogen-bond donors (Lipinski definition) is 0. The summed E-state index contributed by atoms with van der Waals surface area (Å²) in [6, 6.07) is 49.3. The fraction of sp³-hybridized carbons (Fsp3) is 0. The SMILES string of the molecule is c1ccc(Oc2ccc(N(c3ccc(-c4ccncc4)cc3)c3cc4c5ccccc5oc4c4oc5ccccc5c34)cc2)cc1. The Hall–Kier alpha value is -6.33. The molecule has 0 unspecified atom stereocenters. The van der Waals surface area contributed by atoms with Crippen molar-refractivity contribution in [3.8, 4) is 22.6 Å². The van der Waals surface area contributed by atoms with Crippen molar-refractivity contribution in [2.45, 2.75) is 0 Å². The number of pyridine rings is 1. The highest BCUT2D eigenvalue weighted by Crippen LogP contribution is 2.48. The van der Waals surface area contributed by atoms with Gasteiger partial charge in [0.25, 0.3) is 0 Å². The molecular weight excluding hydrogens is 568 g/mol. The summed E-state index contributed by atoms with van der Waals surface area (Å²) < 4.78 is 19.2. The van der Waals surface area contributed by atoms with Crippen LogP contribution in [0.4, 0.5) is 17.1 Å². The molecule has 5 heteroatoms. The molecule has 0 aliphatic carbocycles. The molecule has 0 amide bonds. The van der Waals surface area contributed by atoms with E-state index in [9.17, 15) is 0 Å². The zero-order valence-electron chi connectivity index (χ0n) is 24.6. The molecule has 0 radical (unpaired) electrons. The Bertz CT molecular complexity index is 2480. The van der Waals surface area contributed by atoms with E-state index in [1.807, 2.05) is 103 Å². The standard InChI is InChI=1S/C41H26N2O3/c1-2-8-31(9-3-1)44-32-20-18-30(19-21-32)43(29-16-14-27(15-17-29)28-22-24-42-25-23-28)36-26-35-33-10-4-6-12-37(33)45-40(35)41-39(36)34-11-5-7-13-38(34)46-41/h1-26H. The van der Waals surface area contributed by atoms with Crippen LogP contribution in [0.1, 0.15) is 0 Å². The zero-order chi connectivity index (χ0) is 30.5. The van der Waals surface area contributed by atoms with Gasteiger partial charge in [-0.05, 0) is 90.0 Å². The van der Waals surface area contributed by atoms with Crippen LogP contribution in [0.25, 0.3) is 55.0 Å². The van der Waals surface area contributed by atoms with Gasteiger partial charge in [0.05, 0.1) is 11.1 Å². The topological polar surface area (TPSA) is 51.6 Å². The summed E-state index contributed by atoms with van der Waals surface area (Å²) >= 11 is 0. The van der Waals surface area contributed by atoms with Crippen LogP contribution in [-0.4, -0.2) is 4.98 Å². The molecule has 0 fully saturated rings. The Morgan fingerprint density at radius 3 is 1.78 bits per heavy atom. The molecule has 5 nitrogen and oxygen atoms in total. The number of nitrogens with zero attached hydrogens (tertiary/aromatic N) is 2. The lowest BCUT2D eigenvalue weighted by molar-refractivity contribution is 0.483. The lowest BCUT2D eigenvalue weighted by Gasteiger charge is -2.27. The second-order valence-corrected chi connectivity index (χ2v) is 11.2.